The Balaban J connectivity index is 1.87. The molecule has 1 fully saturated rings. The minimum absolute atomic E-state index is 0.0212. The van der Waals surface area contributed by atoms with E-state index in [1.165, 1.54) is 0 Å². The number of piperazine rings is 1. The van der Waals surface area contributed by atoms with Crippen LogP contribution in [0.3, 0.4) is 0 Å². The van der Waals surface area contributed by atoms with Gasteiger partial charge < -0.3 is 9.80 Å². The summed E-state index contributed by atoms with van der Waals surface area (Å²) >= 11 is 0. The fourth-order valence-electron chi connectivity index (χ4n) is 2.32. The fourth-order valence-corrected chi connectivity index (χ4v) is 2.32. The van der Waals surface area contributed by atoms with Crippen LogP contribution in [0.15, 0.2) is 36.5 Å². The van der Waals surface area contributed by atoms with E-state index in [1.54, 1.807) is 29.1 Å². The summed E-state index contributed by atoms with van der Waals surface area (Å²) in [5, 5.41) is 0.929. The zero-order valence-corrected chi connectivity index (χ0v) is 11.2. The van der Waals surface area contributed by atoms with Crippen LogP contribution in [0.1, 0.15) is 10.4 Å². The summed E-state index contributed by atoms with van der Waals surface area (Å²) in [5.41, 5.74) is 1.46. The number of fused-ring (bicyclic) bond motifs is 1. The summed E-state index contributed by atoms with van der Waals surface area (Å²) in [6.07, 6.45) is 1.73. The number of aromatic nitrogens is 1. The van der Waals surface area contributed by atoms with Crippen LogP contribution in [0.2, 0.25) is 0 Å². The Morgan fingerprint density at radius 3 is 2.90 bits per heavy atom. The minimum atomic E-state index is -0.0998. The predicted octanol–water partition coefficient (Wildman–Crippen LogP) is 1.15. The van der Waals surface area contributed by atoms with E-state index in [2.05, 4.69) is 4.98 Å². The molecule has 102 valence electrons. The summed E-state index contributed by atoms with van der Waals surface area (Å²) in [4.78, 5) is 31.6. The largest absolute Gasteiger partial charge is 0.342 e. The van der Waals surface area contributed by atoms with Crippen LogP contribution >= 0.6 is 0 Å². The molecule has 0 saturated carbocycles. The highest BCUT2D eigenvalue weighted by atomic mass is 16.2. The van der Waals surface area contributed by atoms with Crippen molar-refractivity contribution in [2.45, 2.75) is 0 Å². The second-order valence-electron chi connectivity index (χ2n) is 4.95. The third-order valence-electron chi connectivity index (χ3n) is 3.59. The molecule has 2 amide bonds. The van der Waals surface area contributed by atoms with Crippen molar-refractivity contribution in [3.63, 3.8) is 0 Å². The average molecular weight is 269 g/mol. The molecule has 5 nitrogen and oxygen atoms in total. The fraction of sp³-hybridized carbons (Fsp3) is 0.267. The van der Waals surface area contributed by atoms with E-state index in [0.717, 1.165) is 10.9 Å². The first-order valence-electron chi connectivity index (χ1n) is 6.53. The molecule has 5 heteroatoms. The number of carbonyl (C=O) groups excluding carboxylic acids is 2. The van der Waals surface area contributed by atoms with Crippen molar-refractivity contribution in [1.82, 2.24) is 14.8 Å². The van der Waals surface area contributed by atoms with Crippen molar-refractivity contribution < 1.29 is 9.59 Å². The molecule has 0 aliphatic carbocycles. The van der Waals surface area contributed by atoms with Gasteiger partial charge in [-0.1, -0.05) is 6.07 Å². The molecule has 1 aromatic carbocycles. The molecule has 2 heterocycles. The van der Waals surface area contributed by atoms with E-state index in [0.29, 0.717) is 18.7 Å². The first-order valence-corrected chi connectivity index (χ1v) is 6.53. The number of amides is 2. The lowest BCUT2D eigenvalue weighted by Gasteiger charge is -2.32. The van der Waals surface area contributed by atoms with Crippen molar-refractivity contribution in [1.29, 1.82) is 0 Å². The molecule has 1 saturated heterocycles. The molecule has 1 aliphatic heterocycles. The minimum Gasteiger partial charge on any atom is -0.342 e. The molecule has 3 rings (SSSR count). The number of hydrogen-bond acceptors (Lipinski definition) is 3. The molecule has 0 spiro atoms. The number of carbonyl (C=O) groups is 2. The summed E-state index contributed by atoms with van der Waals surface area (Å²) in [6.45, 7) is 1.31. The molecule has 1 aromatic heterocycles. The number of pyridine rings is 1. The first-order chi connectivity index (χ1) is 9.65. The quantitative estimate of drug-likeness (QED) is 0.780. The maximum atomic E-state index is 12.4. The van der Waals surface area contributed by atoms with Crippen molar-refractivity contribution in [3.05, 3.63) is 42.1 Å². The average Bonchev–Trinajstić information content (AvgIpc) is 2.49. The standard InChI is InChI=1S/C15H15N3O2/c1-17-7-8-18(10-14(17)19)15(20)12-4-5-13-11(9-12)3-2-6-16-13/h2-6,9H,7-8,10H2,1H3. The van der Waals surface area contributed by atoms with Gasteiger partial charge in [0.1, 0.15) is 6.54 Å². The summed E-state index contributed by atoms with van der Waals surface area (Å²) in [5.74, 6) is -0.121. The van der Waals surface area contributed by atoms with Gasteiger partial charge in [0.2, 0.25) is 5.91 Å². The van der Waals surface area contributed by atoms with Gasteiger partial charge in [0.05, 0.1) is 5.52 Å². The van der Waals surface area contributed by atoms with E-state index in [1.807, 2.05) is 24.3 Å². The SMILES string of the molecule is CN1CCN(C(=O)c2ccc3ncccc3c2)CC1=O. The smallest absolute Gasteiger partial charge is 0.254 e. The Morgan fingerprint density at radius 1 is 1.25 bits per heavy atom. The zero-order chi connectivity index (χ0) is 14.1. The molecule has 0 atom stereocenters. The molecule has 0 bridgehead atoms. The van der Waals surface area contributed by atoms with Crippen LogP contribution in [-0.4, -0.2) is 53.3 Å². The predicted molar refractivity (Wildman–Crippen MR) is 75.3 cm³/mol. The molecular formula is C15H15N3O2. The number of hydrogen-bond donors (Lipinski definition) is 0. The highest BCUT2D eigenvalue weighted by Gasteiger charge is 2.25. The molecule has 1 aliphatic rings. The van der Waals surface area contributed by atoms with Gasteiger partial charge in [-0.2, -0.15) is 0 Å². The summed E-state index contributed by atoms with van der Waals surface area (Å²) in [7, 11) is 1.76. The maximum absolute atomic E-state index is 12.4. The van der Waals surface area contributed by atoms with E-state index in [9.17, 15) is 9.59 Å². The van der Waals surface area contributed by atoms with Crippen molar-refractivity contribution in [2.75, 3.05) is 26.7 Å². The van der Waals surface area contributed by atoms with Gasteiger partial charge >= 0.3 is 0 Å². The van der Waals surface area contributed by atoms with Crippen LogP contribution < -0.4 is 0 Å². The number of rotatable bonds is 1. The van der Waals surface area contributed by atoms with E-state index in [-0.39, 0.29) is 18.4 Å². The molecule has 0 unspecified atom stereocenters. The highest BCUT2D eigenvalue weighted by molar-refractivity contribution is 5.99. The molecule has 0 radical (unpaired) electrons. The Bertz CT molecular complexity index is 684. The topological polar surface area (TPSA) is 53.5 Å². The first kappa shape index (κ1) is 12.6. The molecule has 2 aromatic rings. The molecule has 0 N–H and O–H groups in total. The van der Waals surface area contributed by atoms with Crippen molar-refractivity contribution >= 4 is 22.7 Å². The number of nitrogens with zero attached hydrogens (tertiary/aromatic N) is 3. The van der Waals surface area contributed by atoms with Crippen LogP contribution in [0, 0.1) is 0 Å². The summed E-state index contributed by atoms with van der Waals surface area (Å²) in [6, 6.07) is 9.19. The van der Waals surface area contributed by atoms with Crippen LogP contribution in [0.25, 0.3) is 10.9 Å². The monoisotopic (exact) mass is 269 g/mol. The van der Waals surface area contributed by atoms with Crippen molar-refractivity contribution in [3.8, 4) is 0 Å². The van der Waals surface area contributed by atoms with Gasteiger partial charge in [0, 0.05) is 37.3 Å². The molecular weight excluding hydrogens is 254 g/mol. The van der Waals surface area contributed by atoms with Gasteiger partial charge in [-0.25, -0.2) is 0 Å². The number of likely N-dealkylation sites (N-methyl/N-ethyl adjacent to an activating group) is 1. The van der Waals surface area contributed by atoms with Crippen LogP contribution in [0.4, 0.5) is 0 Å². The highest BCUT2D eigenvalue weighted by Crippen LogP contribution is 2.15. The second kappa shape index (κ2) is 4.92. The Hall–Kier alpha value is -2.43. The van der Waals surface area contributed by atoms with Gasteiger partial charge in [0.15, 0.2) is 0 Å². The van der Waals surface area contributed by atoms with Crippen LogP contribution in [-0.2, 0) is 4.79 Å². The number of benzene rings is 1. The summed E-state index contributed by atoms with van der Waals surface area (Å²) < 4.78 is 0. The van der Waals surface area contributed by atoms with E-state index in [4.69, 9.17) is 0 Å². The lowest BCUT2D eigenvalue weighted by molar-refractivity contribution is -0.133. The van der Waals surface area contributed by atoms with Crippen molar-refractivity contribution in [2.24, 2.45) is 0 Å². The van der Waals surface area contributed by atoms with Gasteiger partial charge in [-0.3, -0.25) is 14.6 Å². The van der Waals surface area contributed by atoms with Gasteiger partial charge in [0.25, 0.3) is 5.91 Å². The van der Waals surface area contributed by atoms with Gasteiger partial charge in [-0.05, 0) is 24.3 Å². The van der Waals surface area contributed by atoms with Gasteiger partial charge in [-0.15, -0.1) is 0 Å². The lowest BCUT2D eigenvalue weighted by atomic mass is 10.1. The van der Waals surface area contributed by atoms with E-state index >= 15 is 0 Å². The maximum Gasteiger partial charge on any atom is 0.254 e. The Labute approximate surface area is 116 Å². The Morgan fingerprint density at radius 2 is 2.10 bits per heavy atom. The normalized spacial score (nSPS) is 15.8. The third kappa shape index (κ3) is 2.22. The molecule has 20 heavy (non-hydrogen) atoms. The lowest BCUT2D eigenvalue weighted by Crippen LogP contribution is -2.50. The van der Waals surface area contributed by atoms with E-state index < -0.39 is 0 Å². The third-order valence-corrected chi connectivity index (χ3v) is 3.59. The second-order valence-corrected chi connectivity index (χ2v) is 4.95. The Kier molecular flexibility index (Phi) is 3.10. The van der Waals surface area contributed by atoms with Crippen LogP contribution in [0.5, 0.6) is 0 Å². The zero-order valence-electron chi connectivity index (χ0n) is 11.2.